The molecule has 3 heterocycles. The molecular weight excluding hydrogens is 618 g/mol. The minimum absolute atomic E-state index is 0.157. The summed E-state index contributed by atoms with van der Waals surface area (Å²) in [6, 6.07) is 23.5. The van der Waals surface area contributed by atoms with Crippen LogP contribution >= 0.6 is 11.6 Å². The van der Waals surface area contributed by atoms with E-state index in [1.54, 1.807) is 13.3 Å². The van der Waals surface area contributed by atoms with Crippen molar-refractivity contribution in [3.8, 4) is 5.75 Å². The Kier molecular flexibility index (Phi) is 13.3. The van der Waals surface area contributed by atoms with Crippen LogP contribution in [0.1, 0.15) is 81.9 Å². The summed E-state index contributed by atoms with van der Waals surface area (Å²) in [4.78, 5) is 25.4. The maximum absolute atomic E-state index is 13.4. The summed E-state index contributed by atoms with van der Waals surface area (Å²) < 4.78 is 5.54. The van der Waals surface area contributed by atoms with Crippen LogP contribution in [0.5, 0.6) is 5.75 Å². The Labute approximate surface area is 293 Å². The molecule has 2 aliphatic heterocycles. The summed E-state index contributed by atoms with van der Waals surface area (Å²) in [6.07, 6.45) is 11.3. The van der Waals surface area contributed by atoms with Crippen molar-refractivity contribution < 1.29 is 9.53 Å². The first-order valence-corrected chi connectivity index (χ1v) is 18.5. The van der Waals surface area contributed by atoms with Gasteiger partial charge in [-0.15, -0.1) is 0 Å². The molecule has 5 rings (SSSR count). The van der Waals surface area contributed by atoms with Gasteiger partial charge >= 0.3 is 0 Å². The molecule has 0 radical (unpaired) electrons. The van der Waals surface area contributed by atoms with Crippen LogP contribution in [0.2, 0.25) is 5.15 Å². The van der Waals surface area contributed by atoms with Gasteiger partial charge in [0.1, 0.15) is 16.3 Å². The van der Waals surface area contributed by atoms with Crippen molar-refractivity contribution in [2.75, 3.05) is 46.4 Å². The van der Waals surface area contributed by atoms with Crippen LogP contribution < -0.4 is 10.5 Å². The molecule has 2 aromatic carbocycles. The third-order valence-corrected chi connectivity index (χ3v) is 11.2. The molecule has 0 bridgehead atoms. The Morgan fingerprint density at radius 1 is 0.917 bits per heavy atom. The van der Waals surface area contributed by atoms with Crippen LogP contribution in [0.3, 0.4) is 0 Å². The fourth-order valence-electron chi connectivity index (χ4n) is 8.36. The third-order valence-electron chi connectivity index (χ3n) is 10.9. The lowest BCUT2D eigenvalue weighted by Gasteiger charge is -2.41. The standard InChI is InChI=1S/C40H56ClN5O2/c1-31(2)46(35-21-27-45(28-22-35)30-36-37(48-3)19-23-43-38(36)41)25-14-6-4-5-13-24-44-26-20-34(29-44)40(39(42)47,32-15-9-7-10-16-32)33-17-11-8-12-18-33/h7-12,15-19,23,31,34-35H,4-6,13-14,20-22,24-30H2,1-3H3,(H2,42,47)/t34-/m1/s1. The van der Waals surface area contributed by atoms with Crippen molar-refractivity contribution in [1.29, 1.82) is 0 Å². The number of primary amides is 1. The number of likely N-dealkylation sites (tertiary alicyclic amines) is 2. The normalized spacial score (nSPS) is 18.2. The van der Waals surface area contributed by atoms with Crippen molar-refractivity contribution >= 4 is 17.5 Å². The summed E-state index contributed by atoms with van der Waals surface area (Å²) >= 11 is 6.41. The van der Waals surface area contributed by atoms with E-state index >= 15 is 0 Å². The number of rotatable bonds is 17. The molecule has 48 heavy (non-hydrogen) atoms. The van der Waals surface area contributed by atoms with E-state index in [0.717, 1.165) is 68.1 Å². The number of carbonyl (C=O) groups is 1. The van der Waals surface area contributed by atoms with Crippen molar-refractivity contribution in [2.45, 2.75) is 89.3 Å². The fraction of sp³-hybridized carbons (Fsp3) is 0.550. The molecule has 0 aliphatic carbocycles. The average Bonchev–Trinajstić information content (AvgIpc) is 3.57. The zero-order valence-electron chi connectivity index (χ0n) is 29.3. The maximum atomic E-state index is 13.4. The van der Waals surface area contributed by atoms with E-state index in [1.807, 2.05) is 42.5 Å². The number of pyridine rings is 1. The van der Waals surface area contributed by atoms with E-state index in [9.17, 15) is 4.79 Å². The summed E-state index contributed by atoms with van der Waals surface area (Å²) in [5.74, 6) is 0.731. The number of aromatic nitrogens is 1. The van der Waals surface area contributed by atoms with Gasteiger partial charge in [0.25, 0.3) is 0 Å². The maximum Gasteiger partial charge on any atom is 0.232 e. The van der Waals surface area contributed by atoms with Crippen LogP contribution in [-0.4, -0.2) is 84.1 Å². The SMILES string of the molecule is COc1ccnc(Cl)c1CN1CCC(N(CCCCCCCN2CC[C@@H](C(C(N)=O)(c3ccccc3)c3ccccc3)C2)C(C)C)CC1. The molecular formula is C40H56ClN5O2. The topological polar surface area (TPSA) is 74.9 Å². The molecule has 8 heteroatoms. The molecule has 0 saturated carbocycles. The molecule has 2 N–H and O–H groups in total. The van der Waals surface area contributed by atoms with Gasteiger partial charge in [0.15, 0.2) is 0 Å². The number of nitrogens with two attached hydrogens (primary N) is 1. The molecule has 2 saturated heterocycles. The highest BCUT2D eigenvalue weighted by Gasteiger charge is 2.49. The molecule has 2 aliphatic rings. The lowest BCUT2D eigenvalue weighted by molar-refractivity contribution is -0.123. The molecule has 0 unspecified atom stereocenters. The Hall–Kier alpha value is -2.97. The van der Waals surface area contributed by atoms with Crippen molar-refractivity contribution in [3.63, 3.8) is 0 Å². The lowest BCUT2D eigenvalue weighted by atomic mass is 9.64. The number of carbonyl (C=O) groups excluding carboxylic acids is 1. The molecule has 2 fully saturated rings. The highest BCUT2D eigenvalue weighted by atomic mass is 35.5. The number of benzene rings is 2. The zero-order valence-corrected chi connectivity index (χ0v) is 30.1. The highest BCUT2D eigenvalue weighted by molar-refractivity contribution is 6.30. The zero-order chi connectivity index (χ0) is 33.9. The van der Waals surface area contributed by atoms with Crippen LogP contribution in [0.4, 0.5) is 0 Å². The van der Waals surface area contributed by atoms with Gasteiger partial charge in [-0.1, -0.05) is 91.5 Å². The first-order chi connectivity index (χ1) is 23.3. The van der Waals surface area contributed by atoms with Crippen molar-refractivity contribution in [1.82, 2.24) is 19.7 Å². The lowest BCUT2D eigenvalue weighted by Crippen LogP contribution is -2.49. The van der Waals surface area contributed by atoms with E-state index in [4.69, 9.17) is 22.1 Å². The van der Waals surface area contributed by atoms with Crippen LogP contribution in [-0.2, 0) is 16.8 Å². The number of piperidine rings is 1. The van der Waals surface area contributed by atoms with Gasteiger partial charge in [-0.2, -0.15) is 0 Å². The number of amides is 1. The van der Waals surface area contributed by atoms with Crippen LogP contribution in [0.25, 0.3) is 0 Å². The van der Waals surface area contributed by atoms with Gasteiger partial charge in [-0.05, 0) is 102 Å². The number of nitrogens with zero attached hydrogens (tertiary/aromatic N) is 4. The molecule has 3 aromatic rings. The number of methoxy groups -OCH3 is 1. The van der Waals surface area contributed by atoms with Gasteiger partial charge < -0.3 is 15.4 Å². The van der Waals surface area contributed by atoms with E-state index < -0.39 is 5.41 Å². The summed E-state index contributed by atoms with van der Waals surface area (Å²) in [6.45, 7) is 11.8. The smallest absolute Gasteiger partial charge is 0.232 e. The molecule has 1 aromatic heterocycles. The second-order valence-corrected chi connectivity index (χ2v) is 14.4. The molecule has 1 atom stereocenters. The first-order valence-electron chi connectivity index (χ1n) is 18.1. The Morgan fingerprint density at radius 3 is 2.12 bits per heavy atom. The van der Waals surface area contributed by atoms with E-state index in [0.29, 0.717) is 17.2 Å². The Bertz CT molecular complexity index is 1370. The predicted molar refractivity (Wildman–Crippen MR) is 196 cm³/mol. The quantitative estimate of drug-likeness (QED) is 0.121. The predicted octanol–water partition coefficient (Wildman–Crippen LogP) is 7.16. The molecule has 7 nitrogen and oxygen atoms in total. The minimum Gasteiger partial charge on any atom is -0.496 e. The largest absolute Gasteiger partial charge is 0.496 e. The number of halogens is 1. The summed E-state index contributed by atoms with van der Waals surface area (Å²) in [7, 11) is 1.69. The second kappa shape index (κ2) is 17.6. The van der Waals surface area contributed by atoms with Gasteiger partial charge in [-0.3, -0.25) is 14.6 Å². The number of ether oxygens (including phenoxy) is 1. The Morgan fingerprint density at radius 2 is 1.52 bits per heavy atom. The number of hydrogen-bond acceptors (Lipinski definition) is 6. The Balaban J connectivity index is 1.04. The molecule has 0 spiro atoms. The monoisotopic (exact) mass is 673 g/mol. The van der Waals surface area contributed by atoms with E-state index in [-0.39, 0.29) is 11.8 Å². The van der Waals surface area contributed by atoms with E-state index in [2.05, 4.69) is 57.8 Å². The van der Waals surface area contributed by atoms with Crippen molar-refractivity contribution in [2.24, 2.45) is 11.7 Å². The fourth-order valence-corrected chi connectivity index (χ4v) is 8.56. The van der Waals surface area contributed by atoms with Crippen LogP contribution in [0.15, 0.2) is 72.9 Å². The average molecular weight is 674 g/mol. The molecule has 1 amide bonds. The number of unbranched alkanes of at least 4 members (excludes halogenated alkanes) is 4. The van der Waals surface area contributed by atoms with Gasteiger partial charge in [0, 0.05) is 36.9 Å². The first kappa shape index (κ1) is 36.3. The van der Waals surface area contributed by atoms with Gasteiger partial charge in [-0.25, -0.2) is 4.98 Å². The highest BCUT2D eigenvalue weighted by Crippen LogP contribution is 2.43. The van der Waals surface area contributed by atoms with Gasteiger partial charge in [0.2, 0.25) is 5.91 Å². The summed E-state index contributed by atoms with van der Waals surface area (Å²) in [5.41, 5.74) is 8.49. The van der Waals surface area contributed by atoms with Gasteiger partial charge in [0.05, 0.1) is 7.11 Å². The molecule has 260 valence electrons. The van der Waals surface area contributed by atoms with E-state index in [1.165, 1.54) is 51.5 Å². The third kappa shape index (κ3) is 8.60. The summed E-state index contributed by atoms with van der Waals surface area (Å²) in [5, 5.41) is 0.543. The number of hydrogen-bond donors (Lipinski definition) is 1. The second-order valence-electron chi connectivity index (χ2n) is 14.1. The minimum atomic E-state index is -0.809. The van der Waals surface area contributed by atoms with Crippen molar-refractivity contribution in [3.05, 3.63) is 94.8 Å². The van der Waals surface area contributed by atoms with Crippen LogP contribution in [0, 0.1) is 5.92 Å².